The number of nitrogens with one attached hydrogen (secondary N) is 1. The highest BCUT2D eigenvalue weighted by molar-refractivity contribution is 5.99. The van der Waals surface area contributed by atoms with Crippen molar-refractivity contribution < 1.29 is 19.1 Å². The van der Waals surface area contributed by atoms with Crippen molar-refractivity contribution in [1.29, 1.82) is 0 Å². The predicted molar refractivity (Wildman–Crippen MR) is 170 cm³/mol. The predicted octanol–water partition coefficient (Wildman–Crippen LogP) is 2.83. The number of imide groups is 1. The van der Waals surface area contributed by atoms with Gasteiger partial charge in [0.25, 0.3) is 11.5 Å². The van der Waals surface area contributed by atoms with Gasteiger partial charge in [0, 0.05) is 69.0 Å². The Morgan fingerprint density at radius 2 is 1.62 bits per heavy atom. The van der Waals surface area contributed by atoms with Crippen molar-refractivity contribution in [2.75, 3.05) is 55.6 Å². The van der Waals surface area contributed by atoms with Gasteiger partial charge in [-0.3, -0.25) is 24.6 Å². The van der Waals surface area contributed by atoms with Gasteiger partial charge in [-0.05, 0) is 87.4 Å². The fraction of sp³-hybridized carbons (Fsp3) is 0.500. The Balaban J connectivity index is 0.902. The maximum Gasteiger partial charge on any atom is 0.338 e. The molecule has 0 radical (unpaired) electrons. The van der Waals surface area contributed by atoms with Crippen LogP contribution in [-0.2, 0) is 14.3 Å². The summed E-state index contributed by atoms with van der Waals surface area (Å²) in [5.74, 6) is 1.12. The van der Waals surface area contributed by atoms with E-state index in [2.05, 4.69) is 25.1 Å². The molecule has 1 aromatic heterocycles. The monoisotopic (exact) mass is 612 g/mol. The van der Waals surface area contributed by atoms with Gasteiger partial charge in [-0.25, -0.2) is 9.48 Å². The molecule has 45 heavy (non-hydrogen) atoms. The summed E-state index contributed by atoms with van der Waals surface area (Å²) in [6, 6.07) is 12.9. The molecule has 3 saturated heterocycles. The number of ether oxygens (including phenoxy) is 1. The van der Waals surface area contributed by atoms with E-state index in [1.54, 1.807) is 6.20 Å². The minimum Gasteiger partial charge on any atom is -0.456 e. The summed E-state index contributed by atoms with van der Waals surface area (Å²) in [5.41, 5.74) is 2.01. The molecule has 1 aliphatic carbocycles. The molecule has 2 unspecified atom stereocenters. The third kappa shape index (κ3) is 5.93. The van der Waals surface area contributed by atoms with E-state index in [4.69, 9.17) is 4.74 Å². The number of esters is 1. The molecule has 3 aromatic rings. The molecule has 2 aromatic carbocycles. The molecule has 4 fully saturated rings. The number of rotatable bonds is 6. The van der Waals surface area contributed by atoms with Crippen LogP contribution < -0.4 is 20.7 Å². The lowest BCUT2D eigenvalue weighted by Crippen LogP contribution is -2.47. The zero-order valence-electron chi connectivity index (χ0n) is 26.1. The molecule has 1 N–H and O–H groups in total. The van der Waals surface area contributed by atoms with Crippen LogP contribution in [0.4, 0.5) is 11.4 Å². The second-order valence-corrected chi connectivity index (χ2v) is 13.9. The summed E-state index contributed by atoms with van der Waals surface area (Å²) in [5, 5.41) is 7.87. The summed E-state index contributed by atoms with van der Waals surface area (Å²) in [6.45, 7) is 12.7. The quantitative estimate of drug-likeness (QED) is 0.331. The maximum atomic E-state index is 13.2. The van der Waals surface area contributed by atoms with E-state index < -0.39 is 17.6 Å². The Morgan fingerprint density at radius 1 is 0.933 bits per heavy atom. The van der Waals surface area contributed by atoms with Crippen LogP contribution in [0.3, 0.4) is 0 Å². The van der Waals surface area contributed by atoms with Gasteiger partial charge >= 0.3 is 5.97 Å². The Morgan fingerprint density at radius 3 is 2.29 bits per heavy atom. The summed E-state index contributed by atoms with van der Waals surface area (Å²) >= 11 is 0. The van der Waals surface area contributed by atoms with E-state index in [-0.39, 0.29) is 30.3 Å². The first-order chi connectivity index (χ1) is 21.5. The van der Waals surface area contributed by atoms with E-state index in [0.717, 1.165) is 74.6 Å². The second-order valence-electron chi connectivity index (χ2n) is 13.9. The van der Waals surface area contributed by atoms with Crippen molar-refractivity contribution in [3.63, 3.8) is 0 Å². The van der Waals surface area contributed by atoms with Crippen LogP contribution in [0.25, 0.3) is 10.8 Å². The number of piperazine rings is 1. The van der Waals surface area contributed by atoms with Crippen molar-refractivity contribution in [1.82, 2.24) is 20.0 Å². The summed E-state index contributed by atoms with van der Waals surface area (Å²) in [7, 11) is 0. The lowest BCUT2D eigenvalue weighted by Gasteiger charge is -2.36. The average Bonchev–Trinajstić information content (AvgIpc) is 3.43. The van der Waals surface area contributed by atoms with Gasteiger partial charge in [-0.2, -0.15) is 5.10 Å². The Kier molecular flexibility index (Phi) is 7.38. The lowest BCUT2D eigenvalue weighted by molar-refractivity contribution is -0.136. The lowest BCUT2D eigenvalue weighted by atomic mass is 10.1. The number of anilines is 2. The SMILES string of the molecule is CC(C)(C)OC(=O)c1ccc(N2C[C@@H]3C(CN4CCN(c5ccc6c(=O)n(C7CCC(=O)NC7=O)ncc6c5)CC4)[C@@H]3C2)cc1. The number of benzene rings is 2. The van der Waals surface area contributed by atoms with E-state index in [0.29, 0.717) is 10.9 Å². The Labute approximate surface area is 262 Å². The maximum absolute atomic E-state index is 13.2. The molecule has 0 spiro atoms. The van der Waals surface area contributed by atoms with Gasteiger partial charge in [0.1, 0.15) is 11.6 Å². The van der Waals surface area contributed by atoms with Crippen LogP contribution in [0.5, 0.6) is 0 Å². The molecule has 0 bridgehead atoms. The molecule has 11 heteroatoms. The van der Waals surface area contributed by atoms with Crippen molar-refractivity contribution in [2.24, 2.45) is 17.8 Å². The fourth-order valence-corrected chi connectivity index (χ4v) is 7.25. The highest BCUT2D eigenvalue weighted by atomic mass is 16.6. The number of carbonyl (C=O) groups excluding carboxylic acids is 3. The van der Waals surface area contributed by atoms with Crippen molar-refractivity contribution in [3.05, 3.63) is 64.6 Å². The van der Waals surface area contributed by atoms with Crippen LogP contribution in [0, 0.1) is 17.8 Å². The Hall–Kier alpha value is -4.25. The largest absolute Gasteiger partial charge is 0.456 e. The molecule has 236 valence electrons. The van der Waals surface area contributed by atoms with Crippen molar-refractivity contribution in [3.8, 4) is 0 Å². The van der Waals surface area contributed by atoms with Gasteiger partial charge in [-0.15, -0.1) is 0 Å². The van der Waals surface area contributed by atoms with Gasteiger partial charge in [0.2, 0.25) is 5.91 Å². The third-order valence-corrected chi connectivity index (χ3v) is 9.75. The summed E-state index contributed by atoms with van der Waals surface area (Å²) in [6.07, 6.45) is 2.11. The third-order valence-electron chi connectivity index (χ3n) is 9.75. The van der Waals surface area contributed by atoms with E-state index in [9.17, 15) is 19.2 Å². The Bertz CT molecular complexity index is 1690. The average molecular weight is 613 g/mol. The highest BCUT2D eigenvalue weighted by Crippen LogP contribution is 2.53. The first-order valence-electron chi connectivity index (χ1n) is 15.9. The number of aromatic nitrogens is 2. The minimum absolute atomic E-state index is 0.196. The zero-order chi connectivity index (χ0) is 31.5. The normalized spacial score (nSPS) is 25.3. The minimum atomic E-state index is -0.765. The molecular weight excluding hydrogens is 572 g/mol. The van der Waals surface area contributed by atoms with Gasteiger partial charge < -0.3 is 14.5 Å². The van der Waals surface area contributed by atoms with Gasteiger partial charge in [0.05, 0.1) is 17.1 Å². The molecular formula is C34H40N6O5. The van der Waals surface area contributed by atoms with Crippen molar-refractivity contribution >= 4 is 39.9 Å². The smallest absolute Gasteiger partial charge is 0.338 e. The number of amides is 2. The molecule has 1 saturated carbocycles. The van der Waals surface area contributed by atoms with Crippen LogP contribution in [-0.4, -0.2) is 83.9 Å². The highest BCUT2D eigenvalue weighted by Gasteiger charge is 2.55. The number of nitrogens with zero attached hydrogens (tertiary/aromatic N) is 5. The molecule has 7 rings (SSSR count). The molecule has 3 aliphatic heterocycles. The number of fused-ring (bicyclic) bond motifs is 2. The first-order valence-corrected chi connectivity index (χ1v) is 15.9. The summed E-state index contributed by atoms with van der Waals surface area (Å²) in [4.78, 5) is 56.7. The number of carbonyl (C=O) groups is 3. The van der Waals surface area contributed by atoms with Crippen LogP contribution in [0.2, 0.25) is 0 Å². The van der Waals surface area contributed by atoms with Crippen molar-refractivity contribution in [2.45, 2.75) is 45.3 Å². The van der Waals surface area contributed by atoms with Gasteiger partial charge in [-0.1, -0.05) is 0 Å². The zero-order valence-corrected chi connectivity index (χ0v) is 26.1. The fourth-order valence-electron chi connectivity index (χ4n) is 7.25. The number of hydrogen-bond donors (Lipinski definition) is 1. The van der Waals surface area contributed by atoms with Crippen LogP contribution in [0.15, 0.2) is 53.5 Å². The standard InChI is InChI=1S/C34H40N6O5/c1-34(2,3)45-33(44)21-4-6-23(7-5-21)39-19-27-26(28(27)20-39)18-37-12-14-38(15-13-37)24-8-9-25-22(16-24)17-35-40(32(25)43)29-10-11-30(41)36-31(29)42/h4-9,16-17,26-29H,10-15,18-20H2,1-3H3,(H,36,41,42)/t26?,27-,28+,29?. The number of piperidine rings is 2. The summed E-state index contributed by atoms with van der Waals surface area (Å²) < 4.78 is 6.69. The first kappa shape index (κ1) is 29.5. The molecule has 4 atom stereocenters. The molecule has 4 aliphatic rings. The topological polar surface area (TPSA) is 117 Å². The molecule has 2 amide bonds. The van der Waals surface area contributed by atoms with E-state index in [1.807, 2.05) is 63.2 Å². The van der Waals surface area contributed by atoms with E-state index >= 15 is 0 Å². The van der Waals surface area contributed by atoms with Gasteiger partial charge in [0.15, 0.2) is 0 Å². The molecule has 4 heterocycles. The second kappa shape index (κ2) is 11.3. The van der Waals surface area contributed by atoms with Crippen LogP contribution >= 0.6 is 0 Å². The molecule has 11 nitrogen and oxygen atoms in total. The number of hydrogen-bond acceptors (Lipinski definition) is 9. The van der Waals surface area contributed by atoms with Crippen LogP contribution in [0.1, 0.15) is 50.0 Å². The van der Waals surface area contributed by atoms with E-state index in [1.165, 1.54) is 10.4 Å².